The maximum Gasteiger partial charge on any atom is 0.321 e. The second-order valence-electron chi connectivity index (χ2n) is 7.75. The number of imide groups is 1. The summed E-state index contributed by atoms with van der Waals surface area (Å²) in [6, 6.07) is -0.187. The molecule has 0 bridgehead atoms. The van der Waals surface area contributed by atoms with Gasteiger partial charge in [0.1, 0.15) is 0 Å². The highest BCUT2D eigenvalue weighted by Gasteiger charge is 2.32. The summed E-state index contributed by atoms with van der Waals surface area (Å²) in [5, 5.41) is 5.41. The number of amides is 3. The lowest BCUT2D eigenvalue weighted by Gasteiger charge is -2.41. The van der Waals surface area contributed by atoms with Gasteiger partial charge in [-0.15, -0.1) is 0 Å². The van der Waals surface area contributed by atoms with Gasteiger partial charge in [0.05, 0.1) is 18.2 Å². The number of carbonyl (C=O) groups is 2. The van der Waals surface area contributed by atoms with E-state index in [0.29, 0.717) is 19.0 Å². The number of carbonyl (C=O) groups excluding carboxylic acids is 2. The fourth-order valence-electron chi connectivity index (χ4n) is 3.81. The summed E-state index contributed by atoms with van der Waals surface area (Å²) in [6.07, 6.45) is 4.59. The van der Waals surface area contributed by atoms with E-state index in [1.807, 2.05) is 25.7 Å². The van der Waals surface area contributed by atoms with Gasteiger partial charge in [0.2, 0.25) is 5.91 Å². The van der Waals surface area contributed by atoms with Gasteiger partial charge in [-0.1, -0.05) is 19.8 Å². The topological polar surface area (TPSA) is 70.7 Å². The quantitative estimate of drug-likeness (QED) is 0.831. The van der Waals surface area contributed by atoms with Gasteiger partial charge >= 0.3 is 6.03 Å². The van der Waals surface area contributed by atoms with Crippen molar-refractivity contribution in [1.82, 2.24) is 15.5 Å². The molecule has 2 rings (SSSR count). The molecule has 6 nitrogen and oxygen atoms in total. The van der Waals surface area contributed by atoms with E-state index < -0.39 is 0 Å². The van der Waals surface area contributed by atoms with E-state index in [1.165, 1.54) is 6.42 Å². The molecule has 2 fully saturated rings. The molecule has 1 heterocycles. The first-order valence-electron chi connectivity index (χ1n) is 8.76. The van der Waals surface area contributed by atoms with Gasteiger partial charge in [-0.2, -0.15) is 0 Å². The molecule has 2 N–H and O–H groups in total. The van der Waals surface area contributed by atoms with Gasteiger partial charge in [-0.25, -0.2) is 4.79 Å². The molecule has 3 unspecified atom stereocenters. The van der Waals surface area contributed by atoms with Gasteiger partial charge in [0, 0.05) is 19.1 Å². The van der Waals surface area contributed by atoms with E-state index in [9.17, 15) is 9.59 Å². The van der Waals surface area contributed by atoms with Crippen LogP contribution in [0.2, 0.25) is 0 Å². The van der Waals surface area contributed by atoms with E-state index in [4.69, 9.17) is 4.74 Å². The van der Waals surface area contributed by atoms with Crippen molar-refractivity contribution >= 4 is 11.9 Å². The highest BCUT2D eigenvalue weighted by molar-refractivity contribution is 5.95. The van der Waals surface area contributed by atoms with Gasteiger partial charge in [0.25, 0.3) is 0 Å². The largest absolute Gasteiger partial charge is 0.370 e. The van der Waals surface area contributed by atoms with Crippen molar-refractivity contribution in [3.63, 3.8) is 0 Å². The normalized spacial score (nSPS) is 31.4. The second kappa shape index (κ2) is 7.62. The lowest BCUT2D eigenvalue weighted by Crippen LogP contribution is -2.55. The lowest BCUT2D eigenvalue weighted by molar-refractivity contribution is -0.138. The number of nitrogens with zero attached hydrogens (tertiary/aromatic N) is 1. The number of urea groups is 1. The van der Waals surface area contributed by atoms with E-state index in [1.54, 1.807) is 0 Å². The fourth-order valence-corrected chi connectivity index (χ4v) is 3.81. The molecule has 2 aliphatic rings. The molecule has 1 aliphatic carbocycles. The molecular formula is C17H31N3O3. The van der Waals surface area contributed by atoms with Gasteiger partial charge in [0.15, 0.2) is 0 Å². The smallest absolute Gasteiger partial charge is 0.321 e. The van der Waals surface area contributed by atoms with Crippen LogP contribution >= 0.6 is 0 Å². The van der Waals surface area contributed by atoms with Crippen LogP contribution in [0.1, 0.15) is 53.4 Å². The number of morpholine rings is 1. The van der Waals surface area contributed by atoms with Crippen LogP contribution in [0.4, 0.5) is 4.79 Å². The predicted molar refractivity (Wildman–Crippen MR) is 89.2 cm³/mol. The van der Waals surface area contributed by atoms with Crippen molar-refractivity contribution in [3.8, 4) is 0 Å². The van der Waals surface area contributed by atoms with Crippen molar-refractivity contribution < 1.29 is 14.3 Å². The Hall–Kier alpha value is -1.14. The van der Waals surface area contributed by atoms with Gasteiger partial charge in [-0.3, -0.25) is 15.0 Å². The minimum Gasteiger partial charge on any atom is -0.370 e. The molecule has 3 amide bonds. The number of ether oxygens (including phenoxy) is 1. The molecule has 0 aromatic carbocycles. The first kappa shape index (κ1) is 18.2. The summed E-state index contributed by atoms with van der Waals surface area (Å²) < 4.78 is 5.83. The summed E-state index contributed by atoms with van der Waals surface area (Å²) >= 11 is 0. The third-order valence-corrected chi connectivity index (χ3v) is 4.69. The summed E-state index contributed by atoms with van der Waals surface area (Å²) in [5.74, 6) is 0.223. The molecular weight excluding hydrogens is 294 g/mol. The fraction of sp³-hybridized carbons (Fsp3) is 0.882. The van der Waals surface area contributed by atoms with Crippen LogP contribution in [0.3, 0.4) is 0 Å². The maximum absolute atomic E-state index is 12.1. The summed E-state index contributed by atoms with van der Waals surface area (Å²) in [5.41, 5.74) is -0.266. The summed E-state index contributed by atoms with van der Waals surface area (Å²) in [6.45, 7) is 9.82. The third-order valence-electron chi connectivity index (χ3n) is 4.69. The van der Waals surface area contributed by atoms with Crippen molar-refractivity contribution in [2.24, 2.45) is 5.92 Å². The Bertz CT molecular complexity index is 439. The molecule has 1 aliphatic heterocycles. The Labute approximate surface area is 139 Å². The molecule has 1 saturated carbocycles. The SMILES string of the molecule is CC1CN(CC(=O)NC(=O)NC2CCCCC2C)CC(C)(C)O1. The van der Waals surface area contributed by atoms with Crippen LogP contribution in [0.5, 0.6) is 0 Å². The average Bonchev–Trinajstić information content (AvgIpc) is 2.38. The van der Waals surface area contributed by atoms with Crippen molar-refractivity contribution in [1.29, 1.82) is 0 Å². The van der Waals surface area contributed by atoms with E-state index in [0.717, 1.165) is 19.3 Å². The molecule has 132 valence electrons. The van der Waals surface area contributed by atoms with E-state index in [2.05, 4.69) is 17.6 Å². The number of hydrogen-bond donors (Lipinski definition) is 2. The van der Waals surface area contributed by atoms with Crippen LogP contribution in [-0.4, -0.2) is 54.2 Å². The summed E-state index contributed by atoms with van der Waals surface area (Å²) in [7, 11) is 0. The van der Waals surface area contributed by atoms with Crippen LogP contribution < -0.4 is 10.6 Å². The first-order chi connectivity index (χ1) is 10.7. The summed E-state index contributed by atoms with van der Waals surface area (Å²) in [4.78, 5) is 26.2. The van der Waals surface area contributed by atoms with Crippen LogP contribution in [0.15, 0.2) is 0 Å². The number of nitrogens with one attached hydrogen (secondary N) is 2. The monoisotopic (exact) mass is 325 g/mol. The minimum atomic E-state index is -0.366. The van der Waals surface area contributed by atoms with Crippen LogP contribution in [-0.2, 0) is 9.53 Å². The standard InChI is InChI=1S/C17H31N3O3/c1-12-7-5-6-8-14(12)18-16(22)19-15(21)10-20-9-13(2)23-17(3,4)11-20/h12-14H,5-11H2,1-4H3,(H2,18,19,21,22). The number of rotatable bonds is 3. The van der Waals surface area contributed by atoms with E-state index >= 15 is 0 Å². The lowest BCUT2D eigenvalue weighted by atomic mass is 9.86. The van der Waals surface area contributed by atoms with Crippen LogP contribution in [0.25, 0.3) is 0 Å². The Kier molecular flexibility index (Phi) is 6.03. The highest BCUT2D eigenvalue weighted by atomic mass is 16.5. The second-order valence-corrected chi connectivity index (χ2v) is 7.75. The van der Waals surface area contributed by atoms with Crippen molar-refractivity contribution in [2.45, 2.75) is 71.1 Å². The minimum absolute atomic E-state index is 0.0865. The maximum atomic E-state index is 12.1. The molecule has 0 radical (unpaired) electrons. The zero-order valence-electron chi connectivity index (χ0n) is 14.9. The van der Waals surface area contributed by atoms with Gasteiger partial charge < -0.3 is 10.1 Å². The van der Waals surface area contributed by atoms with Crippen molar-refractivity contribution in [2.75, 3.05) is 19.6 Å². The zero-order chi connectivity index (χ0) is 17.0. The predicted octanol–water partition coefficient (Wildman–Crippen LogP) is 1.89. The third kappa shape index (κ3) is 5.77. The van der Waals surface area contributed by atoms with Gasteiger partial charge in [-0.05, 0) is 39.5 Å². The molecule has 23 heavy (non-hydrogen) atoms. The van der Waals surface area contributed by atoms with Crippen molar-refractivity contribution in [3.05, 3.63) is 0 Å². The molecule has 0 spiro atoms. The molecule has 6 heteroatoms. The Morgan fingerprint density at radius 3 is 2.57 bits per heavy atom. The van der Waals surface area contributed by atoms with Crippen LogP contribution in [0, 0.1) is 5.92 Å². The Morgan fingerprint density at radius 2 is 1.91 bits per heavy atom. The Morgan fingerprint density at radius 1 is 1.22 bits per heavy atom. The average molecular weight is 325 g/mol. The molecule has 0 aromatic heterocycles. The van der Waals surface area contributed by atoms with E-state index in [-0.39, 0.29) is 36.2 Å². The zero-order valence-corrected chi connectivity index (χ0v) is 14.9. The first-order valence-corrected chi connectivity index (χ1v) is 8.76. The molecule has 1 saturated heterocycles. The number of hydrogen-bond acceptors (Lipinski definition) is 4. The highest BCUT2D eigenvalue weighted by Crippen LogP contribution is 2.23. The molecule has 3 atom stereocenters. The molecule has 0 aromatic rings. The Balaban J connectivity index is 1.76.